The Morgan fingerprint density at radius 3 is 3.04 bits per heavy atom. The third-order valence-electron chi connectivity index (χ3n) is 4.56. The number of likely N-dealkylation sites (tertiary alicyclic amines) is 1. The normalized spacial score (nSPS) is 19.8. The van der Waals surface area contributed by atoms with Gasteiger partial charge < -0.3 is 14.8 Å². The second-order valence-corrected chi connectivity index (χ2v) is 6.41. The van der Waals surface area contributed by atoms with Crippen molar-refractivity contribution in [2.45, 2.75) is 13.0 Å². The molecular formula is C17H21N5O3. The molecule has 1 aromatic heterocycles. The highest BCUT2D eigenvalue weighted by Gasteiger charge is 2.24. The van der Waals surface area contributed by atoms with Crippen molar-refractivity contribution in [2.24, 2.45) is 5.92 Å². The second kappa shape index (κ2) is 7.10. The molecule has 8 nitrogen and oxygen atoms in total. The number of ether oxygens (including phenoxy) is 2. The van der Waals surface area contributed by atoms with Gasteiger partial charge in [0.2, 0.25) is 5.82 Å². The number of carbonyl (C=O) groups is 1. The number of benzene rings is 1. The minimum absolute atomic E-state index is 0.206. The molecule has 0 saturated carbocycles. The predicted molar refractivity (Wildman–Crippen MR) is 89.5 cm³/mol. The van der Waals surface area contributed by atoms with Crippen molar-refractivity contribution in [2.75, 3.05) is 32.8 Å². The fraction of sp³-hybridized carbons (Fsp3) is 0.471. The van der Waals surface area contributed by atoms with Gasteiger partial charge in [-0.1, -0.05) is 6.07 Å². The van der Waals surface area contributed by atoms with Crippen molar-refractivity contribution in [1.82, 2.24) is 25.4 Å². The molecular weight excluding hydrogens is 322 g/mol. The van der Waals surface area contributed by atoms with Gasteiger partial charge in [0, 0.05) is 19.6 Å². The third-order valence-corrected chi connectivity index (χ3v) is 4.56. The highest BCUT2D eigenvalue weighted by molar-refractivity contribution is 5.90. The molecule has 1 fully saturated rings. The lowest BCUT2D eigenvalue weighted by molar-refractivity contribution is 0.0937. The molecule has 25 heavy (non-hydrogen) atoms. The Morgan fingerprint density at radius 2 is 2.20 bits per heavy atom. The van der Waals surface area contributed by atoms with Crippen LogP contribution in [0.15, 0.2) is 24.5 Å². The molecule has 1 aromatic carbocycles. The van der Waals surface area contributed by atoms with Gasteiger partial charge in [0.1, 0.15) is 19.5 Å². The number of H-pyrrole nitrogens is 1. The van der Waals surface area contributed by atoms with Crippen LogP contribution in [0.1, 0.15) is 22.6 Å². The number of hydrogen-bond donors (Lipinski definition) is 2. The van der Waals surface area contributed by atoms with Crippen LogP contribution in [0.2, 0.25) is 0 Å². The van der Waals surface area contributed by atoms with Crippen LogP contribution < -0.4 is 14.8 Å². The minimum Gasteiger partial charge on any atom is -0.486 e. The molecule has 4 rings (SSSR count). The van der Waals surface area contributed by atoms with E-state index in [1.807, 2.05) is 6.07 Å². The summed E-state index contributed by atoms with van der Waals surface area (Å²) in [5.41, 5.74) is 1.22. The summed E-state index contributed by atoms with van der Waals surface area (Å²) in [6.07, 6.45) is 2.40. The average Bonchev–Trinajstić information content (AvgIpc) is 3.32. The summed E-state index contributed by atoms with van der Waals surface area (Å²) in [6, 6.07) is 6.13. The first-order chi connectivity index (χ1) is 12.3. The van der Waals surface area contributed by atoms with Gasteiger partial charge in [-0.2, -0.15) is 5.10 Å². The van der Waals surface area contributed by atoms with Gasteiger partial charge in [0.05, 0.1) is 0 Å². The maximum absolute atomic E-state index is 11.9. The molecule has 2 aliphatic heterocycles. The lowest BCUT2D eigenvalue weighted by atomic mass is 10.1. The number of aromatic amines is 1. The van der Waals surface area contributed by atoms with E-state index in [0.717, 1.165) is 37.6 Å². The monoisotopic (exact) mass is 343 g/mol. The number of carbonyl (C=O) groups excluding carboxylic acids is 1. The first-order valence-corrected chi connectivity index (χ1v) is 8.52. The Bertz CT molecular complexity index is 734. The number of rotatable bonds is 5. The summed E-state index contributed by atoms with van der Waals surface area (Å²) >= 11 is 0. The number of amides is 1. The standard InChI is InChI=1S/C17H21N5O3/c23-17(16-19-11-20-21-16)18-8-13-3-4-22(10-13)9-12-1-2-14-15(7-12)25-6-5-24-14/h1-2,7,11,13H,3-6,8-10H2,(H,18,23)(H,19,20,21). The first-order valence-electron chi connectivity index (χ1n) is 8.52. The second-order valence-electron chi connectivity index (χ2n) is 6.41. The molecule has 0 aliphatic carbocycles. The van der Waals surface area contributed by atoms with Gasteiger partial charge in [-0.25, -0.2) is 4.98 Å². The predicted octanol–water partition coefficient (Wildman–Crippen LogP) is 0.828. The molecule has 3 heterocycles. The molecule has 2 aliphatic rings. The Hall–Kier alpha value is -2.61. The average molecular weight is 343 g/mol. The minimum atomic E-state index is -0.206. The molecule has 1 saturated heterocycles. The van der Waals surface area contributed by atoms with Crippen LogP contribution in [0.25, 0.3) is 0 Å². The number of nitrogens with zero attached hydrogens (tertiary/aromatic N) is 3. The summed E-state index contributed by atoms with van der Waals surface area (Å²) in [4.78, 5) is 18.1. The largest absolute Gasteiger partial charge is 0.486 e. The number of nitrogens with one attached hydrogen (secondary N) is 2. The molecule has 1 unspecified atom stereocenters. The molecule has 1 atom stereocenters. The number of aromatic nitrogens is 3. The van der Waals surface area contributed by atoms with Crippen molar-refractivity contribution in [3.05, 3.63) is 35.9 Å². The fourth-order valence-electron chi connectivity index (χ4n) is 3.30. The zero-order valence-corrected chi connectivity index (χ0v) is 13.9. The van der Waals surface area contributed by atoms with E-state index in [2.05, 4.69) is 37.5 Å². The van der Waals surface area contributed by atoms with E-state index in [-0.39, 0.29) is 11.7 Å². The summed E-state index contributed by atoms with van der Waals surface area (Å²) in [7, 11) is 0. The summed E-state index contributed by atoms with van der Waals surface area (Å²) in [5, 5.41) is 9.18. The molecule has 0 spiro atoms. The zero-order valence-electron chi connectivity index (χ0n) is 13.9. The highest BCUT2D eigenvalue weighted by Crippen LogP contribution is 2.31. The maximum atomic E-state index is 11.9. The third kappa shape index (κ3) is 3.74. The number of fused-ring (bicyclic) bond motifs is 1. The Kier molecular flexibility index (Phi) is 4.51. The van der Waals surface area contributed by atoms with Crippen molar-refractivity contribution < 1.29 is 14.3 Å². The molecule has 0 bridgehead atoms. The molecule has 2 aromatic rings. The van der Waals surface area contributed by atoms with Gasteiger partial charge in [-0.3, -0.25) is 14.8 Å². The molecule has 132 valence electrons. The van der Waals surface area contributed by atoms with Gasteiger partial charge in [-0.05, 0) is 36.6 Å². The van der Waals surface area contributed by atoms with Gasteiger partial charge >= 0.3 is 0 Å². The van der Waals surface area contributed by atoms with Crippen LogP contribution in [0, 0.1) is 5.92 Å². The first kappa shape index (κ1) is 15.9. The van der Waals surface area contributed by atoms with E-state index in [4.69, 9.17) is 9.47 Å². The van der Waals surface area contributed by atoms with Crippen LogP contribution in [-0.2, 0) is 6.54 Å². The van der Waals surface area contributed by atoms with Crippen molar-refractivity contribution in [3.63, 3.8) is 0 Å². The Morgan fingerprint density at radius 1 is 1.32 bits per heavy atom. The lowest BCUT2D eigenvalue weighted by Crippen LogP contribution is -2.31. The Balaban J connectivity index is 1.27. The van der Waals surface area contributed by atoms with Crippen LogP contribution >= 0.6 is 0 Å². The van der Waals surface area contributed by atoms with E-state index >= 15 is 0 Å². The van der Waals surface area contributed by atoms with E-state index in [9.17, 15) is 4.79 Å². The summed E-state index contributed by atoms with van der Waals surface area (Å²) < 4.78 is 11.2. The number of hydrogen-bond acceptors (Lipinski definition) is 6. The van der Waals surface area contributed by atoms with E-state index in [0.29, 0.717) is 25.7 Å². The quantitative estimate of drug-likeness (QED) is 0.835. The van der Waals surface area contributed by atoms with Crippen LogP contribution in [-0.4, -0.2) is 58.8 Å². The smallest absolute Gasteiger partial charge is 0.288 e. The fourth-order valence-corrected chi connectivity index (χ4v) is 3.30. The Labute approximate surface area is 145 Å². The van der Waals surface area contributed by atoms with E-state index in [1.54, 1.807) is 0 Å². The van der Waals surface area contributed by atoms with E-state index in [1.165, 1.54) is 11.9 Å². The SMILES string of the molecule is O=C(NCC1CCN(Cc2ccc3c(c2)OCCO3)C1)c1ncn[nH]1. The van der Waals surface area contributed by atoms with Crippen molar-refractivity contribution >= 4 is 5.91 Å². The van der Waals surface area contributed by atoms with Gasteiger partial charge in [0.15, 0.2) is 11.5 Å². The topological polar surface area (TPSA) is 92.4 Å². The van der Waals surface area contributed by atoms with Crippen LogP contribution in [0.4, 0.5) is 0 Å². The molecule has 8 heteroatoms. The highest BCUT2D eigenvalue weighted by atomic mass is 16.6. The van der Waals surface area contributed by atoms with E-state index < -0.39 is 0 Å². The van der Waals surface area contributed by atoms with Crippen LogP contribution in [0.3, 0.4) is 0 Å². The molecule has 2 N–H and O–H groups in total. The lowest BCUT2D eigenvalue weighted by Gasteiger charge is -2.21. The maximum Gasteiger partial charge on any atom is 0.288 e. The van der Waals surface area contributed by atoms with Gasteiger partial charge in [0.25, 0.3) is 5.91 Å². The van der Waals surface area contributed by atoms with Crippen molar-refractivity contribution in [1.29, 1.82) is 0 Å². The summed E-state index contributed by atoms with van der Waals surface area (Å²) in [5.74, 6) is 2.15. The zero-order chi connectivity index (χ0) is 17.1. The van der Waals surface area contributed by atoms with Crippen molar-refractivity contribution in [3.8, 4) is 11.5 Å². The molecule has 1 amide bonds. The van der Waals surface area contributed by atoms with Gasteiger partial charge in [-0.15, -0.1) is 0 Å². The van der Waals surface area contributed by atoms with Crippen LogP contribution in [0.5, 0.6) is 11.5 Å². The molecule has 0 radical (unpaired) electrons. The summed E-state index contributed by atoms with van der Waals surface area (Å²) in [6.45, 7) is 4.73.